The summed E-state index contributed by atoms with van der Waals surface area (Å²) in [7, 11) is 0. The van der Waals surface area contributed by atoms with Crippen LogP contribution in [0.15, 0.2) is 18.2 Å². The number of hydrogen-bond acceptors (Lipinski definition) is 1. The number of aryl methyl sites for hydroxylation is 1. The van der Waals surface area contributed by atoms with E-state index in [0.29, 0.717) is 5.41 Å². The van der Waals surface area contributed by atoms with Crippen molar-refractivity contribution in [3.63, 3.8) is 0 Å². The monoisotopic (exact) mass is 175 g/mol. The minimum Gasteiger partial charge on any atom is -0.385 e. The number of nitrogens with one attached hydrogen (secondary N) is 1. The summed E-state index contributed by atoms with van der Waals surface area (Å²) in [5.74, 6) is 0. The third-order valence-corrected chi connectivity index (χ3v) is 3.05. The maximum atomic E-state index is 3.49. The topological polar surface area (TPSA) is 12.0 Å². The molecule has 1 aliphatic rings. The second kappa shape index (κ2) is 2.76. The first-order chi connectivity index (χ1) is 6.11. The lowest BCUT2D eigenvalue weighted by atomic mass is 9.77. The first-order valence-corrected chi connectivity index (χ1v) is 4.95. The summed E-state index contributed by atoms with van der Waals surface area (Å²) in [6.45, 7) is 7.93. The van der Waals surface area contributed by atoms with Crippen LogP contribution < -0.4 is 5.32 Å². The van der Waals surface area contributed by atoms with Crippen LogP contribution in [-0.4, -0.2) is 6.54 Å². The summed E-state index contributed by atoms with van der Waals surface area (Å²) in [4.78, 5) is 0. The molecule has 1 aromatic carbocycles. The molecular weight excluding hydrogens is 158 g/mol. The molecule has 0 saturated carbocycles. The van der Waals surface area contributed by atoms with Gasteiger partial charge in [0.25, 0.3) is 0 Å². The van der Waals surface area contributed by atoms with E-state index in [-0.39, 0.29) is 0 Å². The second-order valence-corrected chi connectivity index (χ2v) is 4.56. The van der Waals surface area contributed by atoms with Gasteiger partial charge in [-0.25, -0.2) is 0 Å². The number of hydrogen-bond donors (Lipinski definition) is 1. The van der Waals surface area contributed by atoms with Crippen LogP contribution in [-0.2, 0) is 5.41 Å². The Morgan fingerprint density at radius 3 is 2.77 bits per heavy atom. The van der Waals surface area contributed by atoms with E-state index in [9.17, 15) is 0 Å². The smallest absolute Gasteiger partial charge is 0.0407 e. The summed E-state index contributed by atoms with van der Waals surface area (Å²) < 4.78 is 0. The van der Waals surface area contributed by atoms with Gasteiger partial charge in [0.05, 0.1) is 0 Å². The molecule has 13 heavy (non-hydrogen) atoms. The number of fused-ring (bicyclic) bond motifs is 1. The molecule has 1 nitrogen and oxygen atoms in total. The summed E-state index contributed by atoms with van der Waals surface area (Å²) in [5, 5.41) is 3.49. The van der Waals surface area contributed by atoms with Crippen LogP contribution >= 0.6 is 0 Å². The lowest BCUT2D eigenvalue weighted by molar-refractivity contribution is 0.481. The molecule has 1 heterocycles. The van der Waals surface area contributed by atoms with Gasteiger partial charge in [0.15, 0.2) is 0 Å². The maximum Gasteiger partial charge on any atom is 0.0407 e. The molecule has 0 unspecified atom stereocenters. The van der Waals surface area contributed by atoms with Crippen molar-refractivity contribution in [2.75, 3.05) is 11.9 Å². The molecule has 0 fully saturated rings. The van der Waals surface area contributed by atoms with Crippen molar-refractivity contribution in [2.45, 2.75) is 32.6 Å². The zero-order chi connectivity index (χ0) is 9.47. The molecular formula is C12H17N. The van der Waals surface area contributed by atoms with Gasteiger partial charge in [0, 0.05) is 12.2 Å². The van der Waals surface area contributed by atoms with Crippen molar-refractivity contribution in [3.05, 3.63) is 29.3 Å². The van der Waals surface area contributed by atoms with E-state index < -0.39 is 0 Å². The molecule has 0 atom stereocenters. The van der Waals surface area contributed by atoms with Gasteiger partial charge in [-0.3, -0.25) is 0 Å². The molecule has 1 N–H and O–H groups in total. The van der Waals surface area contributed by atoms with Crippen LogP contribution in [0.25, 0.3) is 0 Å². The number of rotatable bonds is 0. The highest BCUT2D eigenvalue weighted by Crippen LogP contribution is 2.37. The second-order valence-electron chi connectivity index (χ2n) is 4.56. The molecule has 0 aromatic heterocycles. The number of para-hydroxylation sites is 1. The summed E-state index contributed by atoms with van der Waals surface area (Å²) in [5.41, 5.74) is 4.54. The average molecular weight is 175 g/mol. The van der Waals surface area contributed by atoms with E-state index in [2.05, 4.69) is 44.3 Å². The molecule has 2 rings (SSSR count). The molecule has 0 spiro atoms. The highest BCUT2D eigenvalue weighted by Gasteiger charge is 2.27. The highest BCUT2D eigenvalue weighted by atomic mass is 14.9. The predicted molar refractivity (Wildman–Crippen MR) is 57.3 cm³/mol. The van der Waals surface area contributed by atoms with Crippen LogP contribution in [0.2, 0.25) is 0 Å². The van der Waals surface area contributed by atoms with Crippen LogP contribution in [0.3, 0.4) is 0 Å². The third-order valence-electron chi connectivity index (χ3n) is 3.05. The van der Waals surface area contributed by atoms with Crippen LogP contribution in [0, 0.1) is 6.92 Å². The minimum atomic E-state index is 0.340. The van der Waals surface area contributed by atoms with Gasteiger partial charge < -0.3 is 5.32 Å². The lowest BCUT2D eigenvalue weighted by Gasteiger charge is -2.34. The third kappa shape index (κ3) is 1.32. The SMILES string of the molecule is Cc1cccc2c1NCCC2(C)C. The fourth-order valence-electron chi connectivity index (χ4n) is 2.10. The van der Waals surface area contributed by atoms with Crippen molar-refractivity contribution in [1.29, 1.82) is 0 Å². The molecule has 1 aromatic rings. The largest absolute Gasteiger partial charge is 0.385 e. The van der Waals surface area contributed by atoms with E-state index in [4.69, 9.17) is 0 Å². The van der Waals surface area contributed by atoms with Crippen LogP contribution in [0.5, 0.6) is 0 Å². The van der Waals surface area contributed by atoms with Gasteiger partial charge in [0.1, 0.15) is 0 Å². The molecule has 1 aliphatic heterocycles. The van der Waals surface area contributed by atoms with E-state index >= 15 is 0 Å². The van der Waals surface area contributed by atoms with Crippen molar-refractivity contribution in [1.82, 2.24) is 0 Å². The lowest BCUT2D eigenvalue weighted by Crippen LogP contribution is -2.28. The molecule has 0 saturated heterocycles. The van der Waals surface area contributed by atoms with Gasteiger partial charge in [-0.1, -0.05) is 32.0 Å². The first kappa shape index (κ1) is 8.61. The average Bonchev–Trinajstić information content (AvgIpc) is 2.06. The Labute approximate surface area is 80.2 Å². The maximum absolute atomic E-state index is 3.49. The first-order valence-electron chi connectivity index (χ1n) is 4.95. The quantitative estimate of drug-likeness (QED) is 0.639. The Kier molecular flexibility index (Phi) is 1.83. The molecule has 0 radical (unpaired) electrons. The van der Waals surface area contributed by atoms with E-state index in [0.717, 1.165) is 6.54 Å². The van der Waals surface area contributed by atoms with Gasteiger partial charge >= 0.3 is 0 Å². The molecule has 70 valence electrons. The Morgan fingerprint density at radius 1 is 1.31 bits per heavy atom. The number of anilines is 1. The Morgan fingerprint density at radius 2 is 2.08 bits per heavy atom. The van der Waals surface area contributed by atoms with E-state index in [1.165, 1.54) is 23.2 Å². The number of benzene rings is 1. The highest BCUT2D eigenvalue weighted by molar-refractivity contribution is 5.61. The van der Waals surface area contributed by atoms with Gasteiger partial charge in [-0.05, 0) is 29.9 Å². The minimum absolute atomic E-state index is 0.340. The summed E-state index contributed by atoms with van der Waals surface area (Å²) in [6, 6.07) is 6.57. The molecule has 0 aliphatic carbocycles. The van der Waals surface area contributed by atoms with E-state index in [1.54, 1.807) is 0 Å². The van der Waals surface area contributed by atoms with Crippen molar-refractivity contribution >= 4 is 5.69 Å². The van der Waals surface area contributed by atoms with Crippen molar-refractivity contribution in [2.24, 2.45) is 0 Å². The molecule has 0 amide bonds. The fourth-order valence-corrected chi connectivity index (χ4v) is 2.10. The van der Waals surface area contributed by atoms with Crippen LogP contribution in [0.1, 0.15) is 31.4 Å². The zero-order valence-corrected chi connectivity index (χ0v) is 8.65. The fraction of sp³-hybridized carbons (Fsp3) is 0.500. The zero-order valence-electron chi connectivity index (χ0n) is 8.65. The Hall–Kier alpha value is -0.980. The molecule has 0 bridgehead atoms. The van der Waals surface area contributed by atoms with E-state index in [1.807, 2.05) is 0 Å². The van der Waals surface area contributed by atoms with Gasteiger partial charge in [-0.15, -0.1) is 0 Å². The standard InChI is InChI=1S/C12H17N/c1-9-5-4-6-10-11(9)13-8-7-12(10,2)3/h4-6,13H,7-8H2,1-3H3. The summed E-state index contributed by atoms with van der Waals surface area (Å²) in [6.07, 6.45) is 1.23. The molecule has 1 heteroatoms. The predicted octanol–water partition coefficient (Wildman–Crippen LogP) is 3.09. The van der Waals surface area contributed by atoms with Crippen LogP contribution in [0.4, 0.5) is 5.69 Å². The van der Waals surface area contributed by atoms with Crippen molar-refractivity contribution in [3.8, 4) is 0 Å². The van der Waals surface area contributed by atoms with Gasteiger partial charge in [0.2, 0.25) is 0 Å². The van der Waals surface area contributed by atoms with Gasteiger partial charge in [-0.2, -0.15) is 0 Å². The normalized spacial score (nSPS) is 19.0. The van der Waals surface area contributed by atoms with Crippen molar-refractivity contribution < 1.29 is 0 Å². The Bertz CT molecular complexity index is 326. The summed E-state index contributed by atoms with van der Waals surface area (Å²) >= 11 is 0. The Balaban J connectivity index is 2.58.